The monoisotopic (exact) mass is 261 g/mol. The molecule has 0 aliphatic heterocycles. The second-order valence-corrected chi connectivity index (χ2v) is 3.65. The van der Waals surface area contributed by atoms with E-state index in [4.69, 9.17) is 5.11 Å². The van der Waals surface area contributed by atoms with Crippen molar-refractivity contribution in [2.75, 3.05) is 6.54 Å². The molecule has 0 fully saturated rings. The van der Waals surface area contributed by atoms with Gasteiger partial charge in [-0.05, 0) is 29.8 Å². The standard InChI is InChI=1S/C13H15N3O3/c1-2-7-14-12(18)8-13(19)16-15-9-10-3-5-11(17)6-4-10/h2-6,9,17H,1,7-8H2,(H,14,18)(H,16,19)/b15-9+. The number of aromatic hydroxyl groups is 1. The van der Waals surface area contributed by atoms with Crippen molar-refractivity contribution in [2.45, 2.75) is 6.42 Å². The first-order valence-electron chi connectivity index (χ1n) is 5.60. The number of hydrogen-bond donors (Lipinski definition) is 3. The van der Waals surface area contributed by atoms with Crippen LogP contribution in [0.5, 0.6) is 5.75 Å². The zero-order chi connectivity index (χ0) is 14.1. The molecule has 2 amide bonds. The molecule has 0 saturated heterocycles. The van der Waals surface area contributed by atoms with E-state index < -0.39 is 11.8 Å². The van der Waals surface area contributed by atoms with Crippen LogP contribution in [0.25, 0.3) is 0 Å². The lowest BCUT2D eigenvalue weighted by atomic mass is 10.2. The van der Waals surface area contributed by atoms with Gasteiger partial charge < -0.3 is 10.4 Å². The minimum absolute atomic E-state index is 0.153. The Balaban J connectivity index is 2.35. The second kappa shape index (κ2) is 7.65. The molecule has 0 bridgehead atoms. The summed E-state index contributed by atoms with van der Waals surface area (Å²) in [4.78, 5) is 22.5. The lowest BCUT2D eigenvalue weighted by Crippen LogP contribution is -2.29. The van der Waals surface area contributed by atoms with Crippen molar-refractivity contribution in [2.24, 2.45) is 5.10 Å². The molecule has 6 nitrogen and oxygen atoms in total. The predicted molar refractivity (Wildman–Crippen MR) is 71.7 cm³/mol. The second-order valence-electron chi connectivity index (χ2n) is 3.65. The molecule has 0 aromatic heterocycles. The van der Waals surface area contributed by atoms with Crippen molar-refractivity contribution in [3.05, 3.63) is 42.5 Å². The van der Waals surface area contributed by atoms with Crippen molar-refractivity contribution in [3.8, 4) is 5.75 Å². The molecule has 1 aromatic rings. The van der Waals surface area contributed by atoms with Crippen LogP contribution in [0.4, 0.5) is 0 Å². The van der Waals surface area contributed by atoms with E-state index in [9.17, 15) is 9.59 Å². The lowest BCUT2D eigenvalue weighted by Gasteiger charge is -2.01. The van der Waals surface area contributed by atoms with Gasteiger partial charge in [-0.15, -0.1) is 6.58 Å². The van der Waals surface area contributed by atoms with Crippen LogP contribution in [0.3, 0.4) is 0 Å². The first kappa shape index (κ1) is 14.4. The van der Waals surface area contributed by atoms with Crippen molar-refractivity contribution in [1.82, 2.24) is 10.7 Å². The summed E-state index contributed by atoms with van der Waals surface area (Å²) in [6, 6.07) is 6.29. The van der Waals surface area contributed by atoms with Crippen LogP contribution in [-0.4, -0.2) is 29.7 Å². The smallest absolute Gasteiger partial charge is 0.249 e. The number of nitrogens with one attached hydrogen (secondary N) is 2. The van der Waals surface area contributed by atoms with E-state index in [0.717, 1.165) is 0 Å². The number of hydrazone groups is 1. The van der Waals surface area contributed by atoms with Crippen LogP contribution in [0, 0.1) is 0 Å². The van der Waals surface area contributed by atoms with Crippen LogP contribution in [-0.2, 0) is 9.59 Å². The van der Waals surface area contributed by atoms with Crippen molar-refractivity contribution < 1.29 is 14.7 Å². The van der Waals surface area contributed by atoms with Gasteiger partial charge in [0, 0.05) is 6.54 Å². The molecular formula is C13H15N3O3. The molecular weight excluding hydrogens is 246 g/mol. The number of hydrogen-bond acceptors (Lipinski definition) is 4. The molecule has 0 aliphatic rings. The Morgan fingerprint density at radius 2 is 1.95 bits per heavy atom. The number of amides is 2. The van der Waals surface area contributed by atoms with Gasteiger partial charge in [0.1, 0.15) is 12.2 Å². The summed E-state index contributed by atoms with van der Waals surface area (Å²) in [5, 5.41) is 15.3. The van der Waals surface area contributed by atoms with Crippen molar-refractivity contribution in [3.63, 3.8) is 0 Å². The minimum Gasteiger partial charge on any atom is -0.508 e. The van der Waals surface area contributed by atoms with E-state index in [-0.39, 0.29) is 12.2 Å². The molecule has 6 heteroatoms. The SMILES string of the molecule is C=CCNC(=O)CC(=O)N/N=C/c1ccc(O)cc1. The fourth-order valence-corrected chi connectivity index (χ4v) is 1.17. The maximum atomic E-state index is 11.3. The van der Waals surface area contributed by atoms with Gasteiger partial charge in [-0.25, -0.2) is 5.43 Å². The molecule has 1 aromatic carbocycles. The van der Waals surface area contributed by atoms with Gasteiger partial charge in [-0.1, -0.05) is 6.08 Å². The number of phenols is 1. The normalized spacial score (nSPS) is 10.1. The molecule has 0 unspecified atom stereocenters. The number of benzene rings is 1. The highest BCUT2D eigenvalue weighted by molar-refractivity contribution is 5.97. The summed E-state index contributed by atoms with van der Waals surface area (Å²) in [5.41, 5.74) is 2.95. The first-order valence-corrected chi connectivity index (χ1v) is 5.60. The van der Waals surface area contributed by atoms with Crippen LogP contribution < -0.4 is 10.7 Å². The molecule has 0 atom stereocenters. The van der Waals surface area contributed by atoms with Gasteiger partial charge in [-0.2, -0.15) is 5.10 Å². The molecule has 1 rings (SSSR count). The van der Waals surface area contributed by atoms with Gasteiger partial charge in [0.05, 0.1) is 6.21 Å². The molecule has 0 heterocycles. The van der Waals surface area contributed by atoms with E-state index in [0.29, 0.717) is 12.1 Å². The van der Waals surface area contributed by atoms with Gasteiger partial charge in [-0.3, -0.25) is 9.59 Å². The molecule has 0 radical (unpaired) electrons. The van der Waals surface area contributed by atoms with Gasteiger partial charge >= 0.3 is 0 Å². The predicted octanol–water partition coefficient (Wildman–Crippen LogP) is 0.535. The summed E-state index contributed by atoms with van der Waals surface area (Å²) in [6.45, 7) is 3.77. The van der Waals surface area contributed by atoms with Gasteiger partial charge in [0.2, 0.25) is 11.8 Å². The zero-order valence-corrected chi connectivity index (χ0v) is 10.3. The summed E-state index contributed by atoms with van der Waals surface area (Å²) in [5.74, 6) is -0.742. The Bertz CT molecular complexity index is 480. The number of carbonyl (C=O) groups excluding carboxylic acids is 2. The average Bonchev–Trinajstić information content (AvgIpc) is 2.38. The Hall–Kier alpha value is -2.63. The largest absolute Gasteiger partial charge is 0.508 e. The van der Waals surface area contributed by atoms with E-state index in [1.165, 1.54) is 24.4 Å². The first-order chi connectivity index (χ1) is 9.11. The van der Waals surface area contributed by atoms with Gasteiger partial charge in [0.25, 0.3) is 0 Å². The molecule has 3 N–H and O–H groups in total. The van der Waals surface area contributed by atoms with E-state index in [2.05, 4.69) is 22.4 Å². The highest BCUT2D eigenvalue weighted by Crippen LogP contribution is 2.07. The summed E-state index contributed by atoms with van der Waals surface area (Å²) >= 11 is 0. The third-order valence-corrected chi connectivity index (χ3v) is 2.06. The zero-order valence-electron chi connectivity index (χ0n) is 10.3. The van der Waals surface area contributed by atoms with Crippen molar-refractivity contribution in [1.29, 1.82) is 0 Å². The van der Waals surface area contributed by atoms with E-state index in [1.807, 2.05) is 0 Å². The molecule has 0 aliphatic carbocycles. The number of carbonyl (C=O) groups is 2. The average molecular weight is 261 g/mol. The summed E-state index contributed by atoms with van der Waals surface area (Å²) in [6.07, 6.45) is 2.65. The van der Waals surface area contributed by atoms with E-state index in [1.54, 1.807) is 12.1 Å². The summed E-state index contributed by atoms with van der Waals surface area (Å²) in [7, 11) is 0. The Morgan fingerprint density at radius 1 is 1.26 bits per heavy atom. The molecule has 0 saturated carbocycles. The number of phenolic OH excluding ortho intramolecular Hbond substituents is 1. The minimum atomic E-state index is -0.503. The fraction of sp³-hybridized carbons (Fsp3) is 0.154. The Labute approximate surface area is 110 Å². The highest BCUT2D eigenvalue weighted by Gasteiger charge is 2.06. The van der Waals surface area contributed by atoms with E-state index >= 15 is 0 Å². The Kier molecular flexibility index (Phi) is 5.81. The maximum Gasteiger partial charge on any atom is 0.249 e. The highest BCUT2D eigenvalue weighted by atomic mass is 16.3. The number of rotatable bonds is 6. The third-order valence-electron chi connectivity index (χ3n) is 2.06. The van der Waals surface area contributed by atoms with Gasteiger partial charge in [0.15, 0.2) is 0 Å². The fourth-order valence-electron chi connectivity index (χ4n) is 1.17. The summed E-state index contributed by atoms with van der Waals surface area (Å²) < 4.78 is 0. The Morgan fingerprint density at radius 3 is 2.58 bits per heavy atom. The lowest BCUT2D eigenvalue weighted by molar-refractivity contribution is -0.129. The molecule has 100 valence electrons. The third kappa shape index (κ3) is 6.02. The van der Waals surface area contributed by atoms with Crippen LogP contribution >= 0.6 is 0 Å². The van der Waals surface area contributed by atoms with Crippen molar-refractivity contribution >= 4 is 18.0 Å². The quantitative estimate of drug-likeness (QED) is 0.302. The number of nitrogens with zero attached hydrogens (tertiary/aromatic N) is 1. The van der Waals surface area contributed by atoms with Crippen LogP contribution in [0.2, 0.25) is 0 Å². The molecule has 0 spiro atoms. The maximum absolute atomic E-state index is 11.3. The van der Waals surface area contributed by atoms with Crippen LogP contribution in [0.15, 0.2) is 42.0 Å². The molecule has 19 heavy (non-hydrogen) atoms. The topological polar surface area (TPSA) is 90.8 Å². The van der Waals surface area contributed by atoms with Crippen LogP contribution in [0.1, 0.15) is 12.0 Å².